The third kappa shape index (κ3) is 4.71. The van der Waals surface area contributed by atoms with E-state index in [1.165, 1.54) is 17.8 Å². The first-order chi connectivity index (χ1) is 10.1. The molecule has 0 atom stereocenters. The lowest BCUT2D eigenvalue weighted by atomic mass is 10.4. The molecule has 0 radical (unpaired) electrons. The smallest absolute Gasteiger partial charge is 0.273 e. The van der Waals surface area contributed by atoms with Crippen LogP contribution in [0, 0.1) is 0 Å². The van der Waals surface area contributed by atoms with Crippen LogP contribution in [0.25, 0.3) is 0 Å². The van der Waals surface area contributed by atoms with E-state index in [1.807, 2.05) is 35.9 Å². The van der Waals surface area contributed by atoms with Gasteiger partial charge >= 0.3 is 0 Å². The lowest BCUT2D eigenvalue weighted by molar-refractivity contribution is -0.118. The number of carbonyl (C=O) groups is 1. The molecule has 0 aliphatic heterocycles. The highest BCUT2D eigenvalue weighted by atomic mass is 32.2. The largest absolute Gasteiger partial charge is 0.350 e. The zero-order valence-corrected chi connectivity index (χ0v) is 13.5. The fourth-order valence-corrected chi connectivity index (χ4v) is 3.26. The average molecular weight is 323 g/mol. The Morgan fingerprint density at radius 2 is 2.29 bits per heavy atom. The Morgan fingerprint density at radius 1 is 1.48 bits per heavy atom. The standard InChI is InChI=1S/C14H17N3O2S2/c1-10(2)17-6-5-12(18)16-14(17)21-9-13(19)15-8-11-4-3-7-20-11/h3-7,10H,8-9H2,1-2H3,(H,15,19). The number of amides is 1. The van der Waals surface area contributed by atoms with E-state index in [9.17, 15) is 9.59 Å². The number of carbonyl (C=O) groups excluding carboxylic acids is 1. The van der Waals surface area contributed by atoms with Gasteiger partial charge in [0.25, 0.3) is 5.56 Å². The minimum atomic E-state index is -0.284. The van der Waals surface area contributed by atoms with Gasteiger partial charge in [0.05, 0.1) is 12.3 Å². The first-order valence-electron chi connectivity index (χ1n) is 6.57. The van der Waals surface area contributed by atoms with Crippen molar-refractivity contribution in [2.24, 2.45) is 0 Å². The van der Waals surface area contributed by atoms with Gasteiger partial charge < -0.3 is 9.88 Å². The normalized spacial score (nSPS) is 10.8. The van der Waals surface area contributed by atoms with E-state index >= 15 is 0 Å². The van der Waals surface area contributed by atoms with Crippen molar-refractivity contribution < 1.29 is 4.79 Å². The molecular weight excluding hydrogens is 306 g/mol. The van der Waals surface area contributed by atoms with Gasteiger partial charge in [-0.2, -0.15) is 4.98 Å². The Labute approximate surface area is 131 Å². The number of hydrogen-bond donors (Lipinski definition) is 1. The molecule has 21 heavy (non-hydrogen) atoms. The van der Waals surface area contributed by atoms with Gasteiger partial charge in [-0.1, -0.05) is 17.8 Å². The van der Waals surface area contributed by atoms with Crippen LogP contribution in [-0.2, 0) is 11.3 Å². The topological polar surface area (TPSA) is 64.0 Å². The van der Waals surface area contributed by atoms with E-state index < -0.39 is 0 Å². The zero-order valence-electron chi connectivity index (χ0n) is 11.9. The molecular formula is C14H17N3O2S2. The van der Waals surface area contributed by atoms with E-state index in [2.05, 4.69) is 10.3 Å². The van der Waals surface area contributed by atoms with Crippen molar-refractivity contribution in [1.82, 2.24) is 14.9 Å². The van der Waals surface area contributed by atoms with Gasteiger partial charge in [-0.05, 0) is 25.3 Å². The molecule has 0 spiro atoms. The van der Waals surface area contributed by atoms with Crippen LogP contribution < -0.4 is 10.9 Å². The molecule has 0 aromatic carbocycles. The molecule has 1 N–H and O–H groups in total. The molecule has 2 aromatic heterocycles. The van der Waals surface area contributed by atoms with Gasteiger partial charge in [0.15, 0.2) is 5.16 Å². The van der Waals surface area contributed by atoms with Gasteiger partial charge in [0.2, 0.25) is 5.91 Å². The quantitative estimate of drug-likeness (QED) is 0.654. The van der Waals surface area contributed by atoms with Gasteiger partial charge in [-0.3, -0.25) is 9.59 Å². The first-order valence-corrected chi connectivity index (χ1v) is 8.44. The summed E-state index contributed by atoms with van der Waals surface area (Å²) in [5.41, 5.74) is -0.284. The van der Waals surface area contributed by atoms with Crippen LogP contribution in [0.15, 0.2) is 39.7 Å². The lowest BCUT2D eigenvalue weighted by Crippen LogP contribution is -2.25. The second-order valence-corrected chi connectivity index (χ2v) is 6.67. The average Bonchev–Trinajstić information content (AvgIpc) is 2.96. The summed E-state index contributed by atoms with van der Waals surface area (Å²) in [5.74, 6) is 0.177. The number of hydrogen-bond acceptors (Lipinski definition) is 5. The van der Waals surface area contributed by atoms with Crippen molar-refractivity contribution in [3.05, 3.63) is 45.0 Å². The van der Waals surface area contributed by atoms with Crippen molar-refractivity contribution in [3.63, 3.8) is 0 Å². The van der Waals surface area contributed by atoms with E-state index in [0.29, 0.717) is 11.7 Å². The Bertz CT molecular complexity index is 650. The molecule has 2 rings (SSSR count). The monoisotopic (exact) mass is 323 g/mol. The number of thioether (sulfide) groups is 1. The third-order valence-electron chi connectivity index (χ3n) is 2.73. The van der Waals surface area contributed by atoms with E-state index in [0.717, 1.165) is 4.88 Å². The Morgan fingerprint density at radius 3 is 2.95 bits per heavy atom. The number of nitrogens with zero attached hydrogens (tertiary/aromatic N) is 2. The van der Waals surface area contributed by atoms with E-state index in [4.69, 9.17) is 0 Å². The molecule has 1 amide bonds. The fraction of sp³-hybridized carbons (Fsp3) is 0.357. The molecule has 5 nitrogen and oxygen atoms in total. The SMILES string of the molecule is CC(C)n1ccc(=O)nc1SCC(=O)NCc1cccs1. The van der Waals surface area contributed by atoms with Crippen molar-refractivity contribution in [3.8, 4) is 0 Å². The van der Waals surface area contributed by atoms with E-state index in [1.54, 1.807) is 17.5 Å². The van der Waals surface area contributed by atoms with Crippen LogP contribution >= 0.6 is 23.1 Å². The van der Waals surface area contributed by atoms with Crippen LogP contribution in [-0.4, -0.2) is 21.2 Å². The summed E-state index contributed by atoms with van der Waals surface area (Å²) in [7, 11) is 0. The second kappa shape index (κ2) is 7.42. The van der Waals surface area contributed by atoms with Crippen LogP contribution in [0.2, 0.25) is 0 Å². The highest BCUT2D eigenvalue weighted by Crippen LogP contribution is 2.17. The maximum atomic E-state index is 11.8. The first kappa shape index (κ1) is 15.8. The van der Waals surface area contributed by atoms with E-state index in [-0.39, 0.29) is 23.3 Å². The van der Waals surface area contributed by atoms with Crippen molar-refractivity contribution in [2.75, 3.05) is 5.75 Å². The highest BCUT2D eigenvalue weighted by molar-refractivity contribution is 7.99. The predicted octanol–water partition coefficient (Wildman–Crippen LogP) is 2.29. The molecule has 0 aliphatic rings. The molecule has 2 aromatic rings. The Balaban J connectivity index is 1.91. The summed E-state index contributed by atoms with van der Waals surface area (Å²) < 4.78 is 1.89. The molecule has 0 unspecified atom stereocenters. The summed E-state index contributed by atoms with van der Waals surface area (Å²) in [4.78, 5) is 28.3. The van der Waals surface area contributed by atoms with Crippen molar-refractivity contribution in [2.45, 2.75) is 31.6 Å². The maximum absolute atomic E-state index is 11.8. The molecule has 112 valence electrons. The summed E-state index contributed by atoms with van der Waals surface area (Å²) in [6.45, 7) is 4.55. The Hall–Kier alpha value is -1.60. The molecule has 0 saturated carbocycles. The van der Waals surface area contributed by atoms with Gasteiger partial charge in [0.1, 0.15) is 0 Å². The Kier molecular flexibility index (Phi) is 5.58. The molecule has 0 bridgehead atoms. The molecule has 0 saturated heterocycles. The molecule has 2 heterocycles. The fourth-order valence-electron chi connectivity index (χ4n) is 1.68. The van der Waals surface area contributed by atoms with Crippen LogP contribution in [0.1, 0.15) is 24.8 Å². The van der Waals surface area contributed by atoms with Crippen molar-refractivity contribution in [1.29, 1.82) is 0 Å². The summed E-state index contributed by atoms with van der Waals surface area (Å²) >= 11 is 2.89. The zero-order chi connectivity index (χ0) is 15.2. The number of nitrogens with one attached hydrogen (secondary N) is 1. The number of rotatable bonds is 6. The van der Waals surface area contributed by atoms with Crippen LogP contribution in [0.3, 0.4) is 0 Å². The lowest BCUT2D eigenvalue weighted by Gasteiger charge is -2.14. The number of thiophene rings is 1. The molecule has 0 aliphatic carbocycles. The number of aromatic nitrogens is 2. The summed E-state index contributed by atoms with van der Waals surface area (Å²) in [6, 6.07) is 5.56. The molecule has 7 heteroatoms. The van der Waals surface area contributed by atoms with Gasteiger partial charge in [0, 0.05) is 23.2 Å². The summed E-state index contributed by atoms with van der Waals surface area (Å²) in [6.07, 6.45) is 1.71. The third-order valence-corrected chi connectivity index (χ3v) is 4.58. The van der Waals surface area contributed by atoms with Crippen molar-refractivity contribution >= 4 is 29.0 Å². The minimum Gasteiger partial charge on any atom is -0.350 e. The summed E-state index contributed by atoms with van der Waals surface area (Å²) in [5, 5.41) is 5.40. The predicted molar refractivity (Wildman–Crippen MR) is 85.8 cm³/mol. The van der Waals surface area contributed by atoms with Gasteiger partial charge in [-0.25, -0.2) is 0 Å². The van der Waals surface area contributed by atoms with Gasteiger partial charge in [-0.15, -0.1) is 11.3 Å². The van der Waals surface area contributed by atoms with Crippen LogP contribution in [0.5, 0.6) is 0 Å². The minimum absolute atomic E-state index is 0.0678. The van der Waals surface area contributed by atoms with Crippen LogP contribution in [0.4, 0.5) is 0 Å². The highest BCUT2D eigenvalue weighted by Gasteiger charge is 2.09. The molecule has 0 fully saturated rings. The second-order valence-electron chi connectivity index (χ2n) is 4.69. The maximum Gasteiger partial charge on any atom is 0.273 e.